The zero-order valence-corrected chi connectivity index (χ0v) is 12.4. The van der Waals surface area contributed by atoms with E-state index in [1.165, 1.54) is 13.1 Å². The maximum absolute atomic E-state index is 14.1. The first-order valence-corrected chi connectivity index (χ1v) is 6.45. The lowest BCUT2D eigenvalue weighted by Crippen LogP contribution is -2.22. The molecule has 0 amide bonds. The first-order valence-electron chi connectivity index (χ1n) is 6.07. The Balaban J connectivity index is 2.65. The van der Waals surface area contributed by atoms with Crippen molar-refractivity contribution >= 4 is 11.6 Å². The van der Waals surface area contributed by atoms with E-state index in [4.69, 9.17) is 28.0 Å². The number of rotatable bonds is 3. The average Bonchev–Trinajstić information content (AvgIpc) is 2.75. The van der Waals surface area contributed by atoms with Gasteiger partial charge in [0.2, 0.25) is 5.28 Å². The van der Waals surface area contributed by atoms with Crippen molar-refractivity contribution in [2.45, 2.75) is 13.0 Å². The minimum absolute atomic E-state index is 0.0431. The summed E-state index contributed by atoms with van der Waals surface area (Å²) in [5.41, 5.74) is -0.867. The minimum atomic E-state index is -0.811. The Bertz CT molecular complexity index is 873. The van der Waals surface area contributed by atoms with Crippen LogP contribution in [0.3, 0.4) is 0 Å². The Morgan fingerprint density at radius 1 is 1.55 bits per heavy atom. The van der Waals surface area contributed by atoms with Crippen LogP contribution in [-0.2, 0) is 7.05 Å². The molecule has 0 spiro atoms. The number of aromatic nitrogens is 3. The third-order valence-electron chi connectivity index (χ3n) is 2.86. The van der Waals surface area contributed by atoms with Crippen LogP contribution >= 0.6 is 11.6 Å². The van der Waals surface area contributed by atoms with Crippen molar-refractivity contribution in [1.29, 1.82) is 5.26 Å². The van der Waals surface area contributed by atoms with Gasteiger partial charge in [0.25, 0.3) is 0 Å². The fourth-order valence-corrected chi connectivity index (χ4v) is 1.83. The molecule has 0 fully saturated rings. The first-order chi connectivity index (χ1) is 10.4. The lowest BCUT2D eigenvalue weighted by molar-refractivity contribution is 0.277. The van der Waals surface area contributed by atoms with Crippen LogP contribution in [-0.4, -0.2) is 20.5 Å². The number of benzene rings is 1. The SMILES string of the molecule is C#CC(C)Oc1cc(-n2nc(Cl)n(C)c2=O)c(F)cc1C#N. The third-order valence-corrected chi connectivity index (χ3v) is 3.19. The van der Waals surface area contributed by atoms with Gasteiger partial charge in [-0.05, 0) is 24.6 Å². The molecule has 1 heterocycles. The van der Waals surface area contributed by atoms with E-state index in [0.29, 0.717) is 0 Å². The average molecular weight is 321 g/mol. The van der Waals surface area contributed by atoms with E-state index in [0.717, 1.165) is 15.3 Å². The van der Waals surface area contributed by atoms with Gasteiger partial charge in [-0.1, -0.05) is 5.92 Å². The molecule has 1 aromatic heterocycles. The molecule has 8 heteroatoms. The smallest absolute Gasteiger partial charge is 0.351 e. The molecule has 112 valence electrons. The normalized spacial score (nSPS) is 11.5. The first kappa shape index (κ1) is 15.6. The fraction of sp³-hybridized carbons (Fsp3) is 0.214. The predicted molar refractivity (Wildman–Crippen MR) is 77.4 cm³/mol. The molecule has 6 nitrogen and oxygen atoms in total. The van der Waals surface area contributed by atoms with Crippen molar-refractivity contribution in [1.82, 2.24) is 14.3 Å². The molecule has 1 aromatic carbocycles. The van der Waals surface area contributed by atoms with Crippen molar-refractivity contribution in [3.63, 3.8) is 0 Å². The highest BCUT2D eigenvalue weighted by Gasteiger charge is 2.18. The molecule has 22 heavy (non-hydrogen) atoms. The Morgan fingerprint density at radius 3 is 2.73 bits per heavy atom. The van der Waals surface area contributed by atoms with Crippen LogP contribution in [0.2, 0.25) is 5.28 Å². The van der Waals surface area contributed by atoms with Crippen LogP contribution < -0.4 is 10.4 Å². The van der Waals surface area contributed by atoms with Crippen LogP contribution in [0.15, 0.2) is 16.9 Å². The highest BCUT2D eigenvalue weighted by Crippen LogP contribution is 2.25. The van der Waals surface area contributed by atoms with Crippen molar-refractivity contribution < 1.29 is 9.13 Å². The highest BCUT2D eigenvalue weighted by molar-refractivity contribution is 6.28. The van der Waals surface area contributed by atoms with E-state index in [1.54, 1.807) is 13.0 Å². The quantitative estimate of drug-likeness (QED) is 0.806. The van der Waals surface area contributed by atoms with Gasteiger partial charge < -0.3 is 4.74 Å². The van der Waals surface area contributed by atoms with E-state index < -0.39 is 17.6 Å². The zero-order valence-electron chi connectivity index (χ0n) is 11.7. The van der Waals surface area contributed by atoms with Crippen LogP contribution in [0.5, 0.6) is 5.75 Å². The van der Waals surface area contributed by atoms with E-state index in [9.17, 15) is 9.18 Å². The number of terminal acetylenes is 1. The number of nitrogens with zero attached hydrogens (tertiary/aromatic N) is 4. The molecule has 0 aliphatic rings. The Morgan fingerprint density at radius 2 is 2.23 bits per heavy atom. The van der Waals surface area contributed by atoms with E-state index >= 15 is 0 Å². The van der Waals surface area contributed by atoms with Crippen molar-refractivity contribution in [2.24, 2.45) is 7.05 Å². The molecule has 0 aliphatic carbocycles. The monoisotopic (exact) mass is 320 g/mol. The van der Waals surface area contributed by atoms with Gasteiger partial charge in [-0.3, -0.25) is 4.57 Å². The Labute approximate surface area is 130 Å². The second-order valence-corrected chi connectivity index (χ2v) is 4.70. The second kappa shape index (κ2) is 5.92. The van der Waals surface area contributed by atoms with E-state index in [2.05, 4.69) is 11.0 Å². The maximum Gasteiger partial charge on any atom is 0.351 e. The van der Waals surface area contributed by atoms with Gasteiger partial charge in [-0.25, -0.2) is 9.18 Å². The summed E-state index contributed by atoms with van der Waals surface area (Å²) in [6, 6.07) is 3.94. The number of nitriles is 1. The number of hydrogen-bond acceptors (Lipinski definition) is 4. The molecule has 0 saturated heterocycles. The summed E-state index contributed by atoms with van der Waals surface area (Å²) in [5, 5.41) is 12.7. The standard InChI is InChI=1S/C14H10ClFN4O2/c1-4-8(2)22-12-6-11(10(16)5-9(12)7-17)20-14(21)19(3)13(15)18-20/h1,5-6,8H,2-3H3. The molecule has 0 saturated carbocycles. The van der Waals surface area contributed by atoms with Gasteiger partial charge in [0.1, 0.15) is 17.5 Å². The van der Waals surface area contributed by atoms with Gasteiger partial charge >= 0.3 is 5.69 Å². The van der Waals surface area contributed by atoms with Gasteiger partial charge in [0, 0.05) is 13.1 Å². The lowest BCUT2D eigenvalue weighted by atomic mass is 10.2. The van der Waals surface area contributed by atoms with Crippen LogP contribution in [0.1, 0.15) is 12.5 Å². The molecule has 0 aliphatic heterocycles. The summed E-state index contributed by atoms with van der Waals surface area (Å²) in [6.45, 7) is 1.59. The van der Waals surface area contributed by atoms with Crippen molar-refractivity contribution in [3.05, 3.63) is 39.3 Å². The number of hydrogen-bond donors (Lipinski definition) is 0. The number of ether oxygens (including phenoxy) is 1. The molecule has 0 radical (unpaired) electrons. The van der Waals surface area contributed by atoms with Crippen molar-refractivity contribution in [2.75, 3.05) is 0 Å². The molecular formula is C14H10ClFN4O2. The fourth-order valence-electron chi connectivity index (χ4n) is 1.68. The lowest BCUT2D eigenvalue weighted by Gasteiger charge is -2.12. The van der Waals surface area contributed by atoms with Crippen LogP contribution in [0.25, 0.3) is 5.69 Å². The van der Waals surface area contributed by atoms with Gasteiger partial charge in [-0.2, -0.15) is 9.94 Å². The van der Waals surface area contributed by atoms with Gasteiger partial charge in [0.05, 0.1) is 5.56 Å². The minimum Gasteiger partial charge on any atom is -0.477 e. The third kappa shape index (κ3) is 2.67. The molecule has 0 bridgehead atoms. The van der Waals surface area contributed by atoms with Gasteiger partial charge in [-0.15, -0.1) is 11.5 Å². The van der Waals surface area contributed by atoms with Crippen LogP contribution in [0, 0.1) is 29.5 Å². The summed E-state index contributed by atoms with van der Waals surface area (Å²) in [4.78, 5) is 12.0. The van der Waals surface area contributed by atoms with E-state index in [-0.39, 0.29) is 22.3 Å². The van der Waals surface area contributed by atoms with E-state index in [1.807, 2.05) is 0 Å². The summed E-state index contributed by atoms with van der Waals surface area (Å²) in [7, 11) is 1.40. The highest BCUT2D eigenvalue weighted by atomic mass is 35.5. The molecule has 1 unspecified atom stereocenters. The summed E-state index contributed by atoms with van der Waals surface area (Å²) in [6.07, 6.45) is 4.59. The van der Waals surface area contributed by atoms with Crippen molar-refractivity contribution in [3.8, 4) is 29.8 Å². The molecule has 0 N–H and O–H groups in total. The topological polar surface area (TPSA) is 72.8 Å². The van der Waals surface area contributed by atoms with Gasteiger partial charge in [0.15, 0.2) is 11.9 Å². The second-order valence-electron chi connectivity index (χ2n) is 4.36. The molecule has 1 atom stereocenters. The number of halogens is 2. The summed E-state index contributed by atoms with van der Waals surface area (Å²) < 4.78 is 21.3. The maximum atomic E-state index is 14.1. The molecule has 2 aromatic rings. The largest absolute Gasteiger partial charge is 0.477 e. The van der Waals surface area contributed by atoms with Crippen LogP contribution in [0.4, 0.5) is 4.39 Å². The summed E-state index contributed by atoms with van der Waals surface area (Å²) in [5.74, 6) is 1.57. The zero-order chi connectivity index (χ0) is 16.4. The Kier molecular flexibility index (Phi) is 4.20. The Hall–Kier alpha value is -2.77. The predicted octanol–water partition coefficient (Wildman–Crippen LogP) is 1.64. The molecular weight excluding hydrogens is 311 g/mol. The summed E-state index contributed by atoms with van der Waals surface area (Å²) >= 11 is 5.74. The molecule has 2 rings (SSSR count).